The lowest BCUT2D eigenvalue weighted by Crippen LogP contribution is -2.38. The molecule has 0 radical (unpaired) electrons. The third-order valence-corrected chi connectivity index (χ3v) is 4.07. The average Bonchev–Trinajstić information content (AvgIpc) is 2.91. The molecule has 0 saturated heterocycles. The molecule has 0 atom stereocenters. The molecule has 0 N–H and O–H groups in total. The molecule has 1 heterocycles. The summed E-state index contributed by atoms with van der Waals surface area (Å²) in [4.78, 5) is 28.8. The summed E-state index contributed by atoms with van der Waals surface area (Å²) in [6, 6.07) is 5.85. The number of anilines is 1. The Hall–Kier alpha value is -2.48. The highest BCUT2D eigenvalue weighted by Gasteiger charge is 2.24. The minimum absolute atomic E-state index is 0.0250. The number of nitro benzene ring substituents is 1. The van der Waals surface area contributed by atoms with Crippen molar-refractivity contribution >= 4 is 28.8 Å². The molecule has 0 unspecified atom stereocenters. The molecule has 134 valence electrons. The molecule has 1 amide bonds. The van der Waals surface area contributed by atoms with Crippen molar-refractivity contribution in [3.63, 3.8) is 0 Å². The Kier molecular flexibility index (Phi) is 5.73. The molecule has 0 aliphatic carbocycles. The van der Waals surface area contributed by atoms with E-state index < -0.39 is 16.6 Å². The van der Waals surface area contributed by atoms with Gasteiger partial charge < -0.3 is 4.74 Å². The molecule has 0 fully saturated rings. The Bertz CT molecular complexity index is 750. The number of hydrogen-bond donors (Lipinski definition) is 0. The van der Waals surface area contributed by atoms with Crippen LogP contribution in [0.2, 0.25) is 0 Å². The Balaban J connectivity index is 2.21. The van der Waals surface area contributed by atoms with E-state index in [4.69, 9.17) is 4.74 Å². The maximum atomic E-state index is 12.6. The van der Waals surface area contributed by atoms with E-state index in [0.717, 1.165) is 10.7 Å². The molecular formula is C17H21N3O4S. The molecule has 0 aliphatic rings. The number of ether oxygens (including phenoxy) is 1. The fourth-order valence-corrected chi connectivity index (χ4v) is 2.79. The van der Waals surface area contributed by atoms with Gasteiger partial charge in [-0.15, -0.1) is 11.3 Å². The number of aromatic nitrogens is 1. The molecule has 2 aromatic rings. The molecule has 1 aromatic carbocycles. The average molecular weight is 363 g/mol. The van der Waals surface area contributed by atoms with Gasteiger partial charge in [0.15, 0.2) is 0 Å². The largest absolute Gasteiger partial charge is 0.443 e. The van der Waals surface area contributed by atoms with Crippen LogP contribution in [0.3, 0.4) is 0 Å². The fraction of sp³-hybridized carbons (Fsp3) is 0.412. The zero-order chi connectivity index (χ0) is 18.6. The van der Waals surface area contributed by atoms with Crippen LogP contribution >= 0.6 is 11.3 Å². The standard InChI is InChI=1S/C17H21N3O4S/c1-12-18-13(11-25-12)9-10-19(16(21)24-17(2,3)4)14-5-7-15(8-6-14)20(22)23/h5-8,11H,9-10H2,1-4H3. The molecule has 0 bridgehead atoms. The molecule has 0 aliphatic heterocycles. The second-order valence-corrected chi connectivity index (χ2v) is 7.58. The number of thiazole rings is 1. The highest BCUT2D eigenvalue weighted by atomic mass is 32.1. The highest BCUT2D eigenvalue weighted by molar-refractivity contribution is 7.09. The number of aryl methyl sites for hydroxylation is 1. The lowest BCUT2D eigenvalue weighted by molar-refractivity contribution is -0.384. The predicted octanol–water partition coefficient (Wildman–Crippen LogP) is 4.34. The monoisotopic (exact) mass is 363 g/mol. The number of rotatable bonds is 5. The fourth-order valence-electron chi connectivity index (χ4n) is 2.15. The summed E-state index contributed by atoms with van der Waals surface area (Å²) in [5.41, 5.74) is 0.792. The van der Waals surface area contributed by atoms with Crippen molar-refractivity contribution in [1.29, 1.82) is 0 Å². The van der Waals surface area contributed by atoms with Crippen molar-refractivity contribution in [2.75, 3.05) is 11.4 Å². The molecule has 0 saturated carbocycles. The molecule has 8 heteroatoms. The lowest BCUT2D eigenvalue weighted by Gasteiger charge is -2.27. The Morgan fingerprint density at radius 3 is 2.44 bits per heavy atom. The Labute approximate surface area is 150 Å². The van der Waals surface area contributed by atoms with E-state index in [2.05, 4.69) is 4.98 Å². The number of amides is 1. The second kappa shape index (κ2) is 7.60. The minimum Gasteiger partial charge on any atom is -0.443 e. The number of benzene rings is 1. The van der Waals surface area contributed by atoms with Crippen LogP contribution in [0.5, 0.6) is 0 Å². The van der Waals surface area contributed by atoms with Gasteiger partial charge in [-0.25, -0.2) is 9.78 Å². The van der Waals surface area contributed by atoms with Crippen molar-refractivity contribution < 1.29 is 14.5 Å². The number of nitro groups is 1. The first kappa shape index (κ1) is 18.9. The van der Waals surface area contributed by atoms with Gasteiger partial charge >= 0.3 is 6.09 Å². The van der Waals surface area contributed by atoms with Crippen LogP contribution in [-0.2, 0) is 11.2 Å². The van der Waals surface area contributed by atoms with Crippen LogP contribution in [-0.4, -0.2) is 28.1 Å². The number of nitrogens with zero attached hydrogens (tertiary/aromatic N) is 3. The van der Waals surface area contributed by atoms with Crippen molar-refractivity contribution in [1.82, 2.24) is 4.98 Å². The van der Waals surface area contributed by atoms with Crippen LogP contribution in [0, 0.1) is 17.0 Å². The summed E-state index contributed by atoms with van der Waals surface area (Å²) in [7, 11) is 0. The smallest absolute Gasteiger partial charge is 0.414 e. The molecule has 2 rings (SSSR count). The third kappa shape index (κ3) is 5.53. The van der Waals surface area contributed by atoms with Crippen LogP contribution in [0.1, 0.15) is 31.5 Å². The molecule has 25 heavy (non-hydrogen) atoms. The van der Waals surface area contributed by atoms with E-state index in [1.807, 2.05) is 12.3 Å². The van der Waals surface area contributed by atoms with Crippen molar-refractivity contribution in [3.05, 3.63) is 50.5 Å². The minimum atomic E-state index is -0.632. The summed E-state index contributed by atoms with van der Waals surface area (Å²) in [5.74, 6) is 0. The van der Waals surface area contributed by atoms with Crippen LogP contribution in [0.15, 0.2) is 29.6 Å². The topological polar surface area (TPSA) is 85.6 Å². The maximum Gasteiger partial charge on any atom is 0.414 e. The van der Waals surface area contributed by atoms with Gasteiger partial charge in [0.2, 0.25) is 0 Å². The van der Waals surface area contributed by atoms with E-state index in [-0.39, 0.29) is 5.69 Å². The van der Waals surface area contributed by atoms with Crippen molar-refractivity contribution in [2.45, 2.75) is 39.7 Å². The second-order valence-electron chi connectivity index (χ2n) is 6.51. The first-order chi connectivity index (χ1) is 11.7. The van der Waals surface area contributed by atoms with Gasteiger partial charge in [-0.1, -0.05) is 0 Å². The Morgan fingerprint density at radius 1 is 1.32 bits per heavy atom. The molecule has 7 nitrogen and oxygen atoms in total. The molecule has 1 aromatic heterocycles. The van der Waals surface area contributed by atoms with Crippen LogP contribution in [0.25, 0.3) is 0 Å². The zero-order valence-corrected chi connectivity index (χ0v) is 15.5. The van der Waals surface area contributed by atoms with Gasteiger partial charge in [0.25, 0.3) is 5.69 Å². The quantitative estimate of drug-likeness (QED) is 0.582. The normalized spacial score (nSPS) is 11.2. The number of carbonyl (C=O) groups is 1. The van der Waals surface area contributed by atoms with Crippen molar-refractivity contribution in [2.24, 2.45) is 0 Å². The number of carbonyl (C=O) groups excluding carboxylic acids is 1. The molecule has 0 spiro atoms. The van der Waals surface area contributed by atoms with Gasteiger partial charge in [0.05, 0.1) is 15.6 Å². The first-order valence-electron chi connectivity index (χ1n) is 7.82. The number of non-ortho nitro benzene ring substituents is 1. The Morgan fingerprint density at radius 2 is 1.96 bits per heavy atom. The molecular weight excluding hydrogens is 342 g/mol. The van der Waals surface area contributed by atoms with E-state index in [1.54, 1.807) is 44.2 Å². The van der Waals surface area contributed by atoms with Gasteiger partial charge in [-0.3, -0.25) is 15.0 Å². The maximum absolute atomic E-state index is 12.6. The van der Waals surface area contributed by atoms with Crippen molar-refractivity contribution in [3.8, 4) is 0 Å². The van der Waals surface area contributed by atoms with E-state index >= 15 is 0 Å². The predicted molar refractivity (Wildman–Crippen MR) is 97.2 cm³/mol. The van der Waals surface area contributed by atoms with E-state index in [1.165, 1.54) is 17.0 Å². The first-order valence-corrected chi connectivity index (χ1v) is 8.69. The van der Waals surface area contributed by atoms with E-state index in [0.29, 0.717) is 18.7 Å². The highest BCUT2D eigenvalue weighted by Crippen LogP contribution is 2.22. The number of hydrogen-bond acceptors (Lipinski definition) is 6. The van der Waals surface area contributed by atoms with Gasteiger partial charge in [0, 0.05) is 36.2 Å². The lowest BCUT2D eigenvalue weighted by atomic mass is 10.2. The van der Waals surface area contributed by atoms with Gasteiger partial charge in [0.1, 0.15) is 5.60 Å². The summed E-state index contributed by atoms with van der Waals surface area (Å²) < 4.78 is 5.46. The van der Waals surface area contributed by atoms with Gasteiger partial charge in [-0.2, -0.15) is 0 Å². The summed E-state index contributed by atoms with van der Waals surface area (Å²) in [5, 5.41) is 13.7. The van der Waals surface area contributed by atoms with Gasteiger partial charge in [-0.05, 0) is 39.8 Å². The van der Waals surface area contributed by atoms with Crippen LogP contribution in [0.4, 0.5) is 16.2 Å². The summed E-state index contributed by atoms with van der Waals surface area (Å²) >= 11 is 1.55. The third-order valence-electron chi connectivity index (χ3n) is 3.24. The zero-order valence-electron chi connectivity index (χ0n) is 14.7. The van der Waals surface area contributed by atoms with Crippen LogP contribution < -0.4 is 4.90 Å². The summed E-state index contributed by atoms with van der Waals surface area (Å²) in [6.07, 6.45) is 0.0777. The SMILES string of the molecule is Cc1nc(CCN(C(=O)OC(C)(C)C)c2ccc([N+](=O)[O-])cc2)cs1. The van der Waals surface area contributed by atoms with E-state index in [9.17, 15) is 14.9 Å². The summed E-state index contributed by atoms with van der Waals surface area (Å²) in [6.45, 7) is 7.68.